The number of nitrogens with zero attached hydrogens (tertiary/aromatic N) is 1. The lowest BCUT2D eigenvalue weighted by atomic mass is 9.81. The van der Waals surface area contributed by atoms with Crippen LogP contribution in [0.4, 0.5) is 0 Å². The predicted molar refractivity (Wildman–Crippen MR) is 133 cm³/mol. The van der Waals surface area contributed by atoms with E-state index in [9.17, 15) is 19.2 Å². The van der Waals surface area contributed by atoms with Gasteiger partial charge in [-0.1, -0.05) is 55.1 Å². The Labute approximate surface area is 224 Å². The number of carbonyl (C=O) groups is 4. The standard InChI is InChI=1S/C24H23Br2Cl2NO5/c25-20-14-8-15(21(20)26)19-18(14)22(31)29(23(19)32)12-4-1-10(2-5-12)24(33)34-9-17(30)13-6-3-11(27)7-16(13)28/h3,6-7,10,12,14-15,18-21H,1-2,4-5,8-9H2. The lowest BCUT2D eigenvalue weighted by molar-refractivity contribution is -0.149. The average Bonchev–Trinajstić information content (AvgIpc) is 3.42. The average molecular weight is 636 g/mol. The zero-order valence-corrected chi connectivity index (χ0v) is 22.8. The fourth-order valence-electron chi connectivity index (χ4n) is 6.35. The van der Waals surface area contributed by atoms with E-state index in [4.69, 9.17) is 27.9 Å². The molecular weight excluding hydrogens is 613 g/mol. The van der Waals surface area contributed by atoms with Gasteiger partial charge >= 0.3 is 5.97 Å². The number of Topliss-reactive ketones (excluding diaryl/α,β-unsaturated/α-hetero) is 1. The Kier molecular flexibility index (Phi) is 6.90. The minimum atomic E-state index is -0.435. The Morgan fingerprint density at radius 2 is 1.56 bits per heavy atom. The Hall–Kier alpha value is -0.960. The molecule has 0 radical (unpaired) electrons. The summed E-state index contributed by atoms with van der Waals surface area (Å²) in [6.45, 7) is -0.392. The van der Waals surface area contributed by atoms with Crippen molar-refractivity contribution in [1.82, 2.24) is 4.90 Å². The predicted octanol–water partition coefficient (Wildman–Crippen LogP) is 5.06. The molecule has 0 N–H and O–H groups in total. The van der Waals surface area contributed by atoms with Crippen LogP contribution in [-0.4, -0.2) is 50.8 Å². The van der Waals surface area contributed by atoms with E-state index < -0.39 is 18.4 Å². The number of halogens is 4. The number of likely N-dealkylation sites (tertiary alicyclic amines) is 1. The molecular formula is C24H23Br2Cl2NO5. The second-order valence-corrected chi connectivity index (χ2v) is 12.7. The van der Waals surface area contributed by atoms with Crippen LogP contribution in [0.15, 0.2) is 18.2 Å². The first-order chi connectivity index (χ1) is 16.2. The number of fused-ring (bicyclic) bond motifs is 5. The minimum absolute atomic E-state index is 0.0391. The van der Waals surface area contributed by atoms with Gasteiger partial charge in [-0.3, -0.25) is 24.1 Å². The number of benzene rings is 1. The van der Waals surface area contributed by atoms with E-state index in [2.05, 4.69) is 31.9 Å². The number of ether oxygens (including phenoxy) is 1. The summed E-state index contributed by atoms with van der Waals surface area (Å²) in [5.41, 5.74) is 0.254. The maximum Gasteiger partial charge on any atom is 0.309 e. The summed E-state index contributed by atoms with van der Waals surface area (Å²) in [6.07, 6.45) is 3.07. The third-order valence-electron chi connectivity index (χ3n) is 7.99. The lowest BCUT2D eigenvalue weighted by Gasteiger charge is -2.33. The fraction of sp³-hybridized carbons (Fsp3) is 0.583. The van der Waals surface area contributed by atoms with Crippen LogP contribution in [0.1, 0.15) is 42.5 Å². The molecule has 1 saturated heterocycles. The van der Waals surface area contributed by atoms with Crippen molar-refractivity contribution < 1.29 is 23.9 Å². The maximum absolute atomic E-state index is 13.2. The van der Waals surface area contributed by atoms with Gasteiger partial charge in [-0.2, -0.15) is 0 Å². The van der Waals surface area contributed by atoms with E-state index in [1.165, 1.54) is 17.0 Å². The number of ketones is 1. The molecule has 1 aromatic rings. The highest BCUT2D eigenvalue weighted by molar-refractivity contribution is 9.12. The van der Waals surface area contributed by atoms with Crippen molar-refractivity contribution in [3.63, 3.8) is 0 Å². The SMILES string of the molecule is O=C(COC(=O)C1CCC(N2C(=O)C3C4CC(C(Br)C4Br)C3C2=O)CC1)c1ccc(Cl)cc1Cl. The minimum Gasteiger partial charge on any atom is -0.457 e. The molecule has 3 saturated carbocycles. The Bertz CT molecular complexity index is 1030. The van der Waals surface area contributed by atoms with Crippen molar-refractivity contribution >= 4 is 78.6 Å². The van der Waals surface area contributed by atoms with E-state index in [1.807, 2.05) is 0 Å². The number of carbonyl (C=O) groups excluding carboxylic acids is 4. The van der Waals surface area contributed by atoms with Crippen LogP contribution < -0.4 is 0 Å². The molecule has 1 heterocycles. The molecule has 4 aliphatic rings. The molecule has 3 aliphatic carbocycles. The summed E-state index contributed by atoms with van der Waals surface area (Å²) < 4.78 is 5.27. The molecule has 6 atom stereocenters. The van der Waals surface area contributed by atoms with Gasteiger partial charge in [0.1, 0.15) is 0 Å². The number of alkyl halides is 2. The zero-order valence-electron chi connectivity index (χ0n) is 18.1. The Morgan fingerprint density at radius 3 is 2.12 bits per heavy atom. The van der Waals surface area contributed by atoms with Crippen molar-refractivity contribution in [1.29, 1.82) is 0 Å². The number of rotatable bonds is 5. The van der Waals surface area contributed by atoms with Gasteiger partial charge in [-0.25, -0.2) is 0 Å². The van der Waals surface area contributed by atoms with E-state index in [0.29, 0.717) is 30.7 Å². The smallest absolute Gasteiger partial charge is 0.309 e. The Morgan fingerprint density at radius 1 is 0.971 bits per heavy atom. The molecule has 10 heteroatoms. The summed E-state index contributed by atoms with van der Waals surface area (Å²) in [4.78, 5) is 53.3. The summed E-state index contributed by atoms with van der Waals surface area (Å²) >= 11 is 19.3. The summed E-state index contributed by atoms with van der Waals surface area (Å²) in [7, 11) is 0. The van der Waals surface area contributed by atoms with Crippen LogP contribution in [0.3, 0.4) is 0 Å². The lowest BCUT2D eigenvalue weighted by Crippen LogP contribution is -2.44. The van der Waals surface area contributed by atoms with Gasteiger partial charge in [0.2, 0.25) is 17.6 Å². The van der Waals surface area contributed by atoms with E-state index in [1.54, 1.807) is 6.07 Å². The maximum atomic E-state index is 13.2. The molecule has 5 rings (SSSR count). The largest absolute Gasteiger partial charge is 0.457 e. The number of imide groups is 1. The van der Waals surface area contributed by atoms with E-state index >= 15 is 0 Å². The van der Waals surface area contributed by atoms with Crippen molar-refractivity contribution in [3.05, 3.63) is 33.8 Å². The third-order valence-corrected chi connectivity index (χ3v) is 11.7. The summed E-state index contributed by atoms with van der Waals surface area (Å²) in [5, 5.41) is 0.630. The van der Waals surface area contributed by atoms with Gasteiger partial charge in [-0.15, -0.1) is 0 Å². The van der Waals surface area contributed by atoms with Gasteiger partial charge in [0.25, 0.3) is 0 Å². The highest BCUT2D eigenvalue weighted by atomic mass is 79.9. The molecule has 34 heavy (non-hydrogen) atoms. The molecule has 0 aromatic heterocycles. The second-order valence-electron chi connectivity index (χ2n) is 9.71. The van der Waals surface area contributed by atoms with E-state index in [0.717, 1.165) is 6.42 Å². The molecule has 1 aliphatic heterocycles. The number of hydrogen-bond acceptors (Lipinski definition) is 5. The van der Waals surface area contributed by atoms with Gasteiger partial charge < -0.3 is 4.74 Å². The van der Waals surface area contributed by atoms with Crippen LogP contribution in [0, 0.1) is 29.6 Å². The van der Waals surface area contributed by atoms with Gasteiger partial charge in [0.15, 0.2) is 6.61 Å². The van der Waals surface area contributed by atoms with Crippen molar-refractivity contribution in [3.8, 4) is 0 Å². The normalized spacial score (nSPS) is 36.6. The number of amides is 2. The van der Waals surface area contributed by atoms with Crippen molar-refractivity contribution in [2.45, 2.75) is 47.8 Å². The first kappa shape index (κ1) is 24.7. The Balaban J connectivity index is 1.15. The highest BCUT2D eigenvalue weighted by Crippen LogP contribution is 2.60. The molecule has 6 nitrogen and oxygen atoms in total. The monoisotopic (exact) mass is 633 g/mol. The molecule has 2 bridgehead atoms. The topological polar surface area (TPSA) is 80.8 Å². The van der Waals surface area contributed by atoms with Crippen LogP contribution >= 0.6 is 55.1 Å². The van der Waals surface area contributed by atoms with Gasteiger partial charge in [-0.05, 0) is 62.1 Å². The summed E-state index contributed by atoms with van der Waals surface area (Å²) in [5.74, 6) is -1.31. The first-order valence-electron chi connectivity index (χ1n) is 11.5. The molecule has 4 fully saturated rings. The molecule has 0 spiro atoms. The first-order valence-corrected chi connectivity index (χ1v) is 14.1. The highest BCUT2D eigenvalue weighted by Gasteiger charge is 2.67. The molecule has 1 aromatic carbocycles. The number of hydrogen-bond donors (Lipinski definition) is 0. The quantitative estimate of drug-likeness (QED) is 0.196. The third kappa shape index (κ3) is 4.06. The summed E-state index contributed by atoms with van der Waals surface area (Å²) in [6, 6.07) is 4.36. The van der Waals surface area contributed by atoms with E-state index in [-0.39, 0.29) is 67.7 Å². The second kappa shape index (κ2) is 9.49. The molecule has 6 unspecified atom stereocenters. The van der Waals surface area contributed by atoms with Gasteiger partial charge in [0.05, 0.1) is 22.8 Å². The van der Waals surface area contributed by atoms with Crippen molar-refractivity contribution in [2.24, 2.45) is 29.6 Å². The van der Waals surface area contributed by atoms with Gasteiger partial charge in [0, 0.05) is 26.3 Å². The number of esters is 1. The van der Waals surface area contributed by atoms with Crippen LogP contribution in [0.5, 0.6) is 0 Å². The van der Waals surface area contributed by atoms with Crippen molar-refractivity contribution in [2.75, 3.05) is 6.61 Å². The van der Waals surface area contributed by atoms with Crippen LogP contribution in [0.25, 0.3) is 0 Å². The fourth-order valence-corrected chi connectivity index (χ4v) is 8.74. The van der Waals surface area contributed by atoms with Crippen LogP contribution in [0.2, 0.25) is 10.0 Å². The molecule has 182 valence electrons. The molecule has 2 amide bonds. The zero-order chi connectivity index (χ0) is 24.3. The van der Waals surface area contributed by atoms with Crippen LogP contribution in [-0.2, 0) is 19.1 Å².